The van der Waals surface area contributed by atoms with E-state index >= 15 is 0 Å². The molecule has 0 aliphatic carbocycles. The van der Waals surface area contributed by atoms with Crippen LogP contribution in [0, 0.1) is 5.82 Å². The number of halogens is 1. The van der Waals surface area contributed by atoms with Crippen molar-refractivity contribution in [1.29, 1.82) is 0 Å². The smallest absolute Gasteiger partial charge is 0.262 e. The minimum atomic E-state index is -0.448. The Bertz CT molecular complexity index is 1180. The van der Waals surface area contributed by atoms with E-state index in [1.807, 2.05) is 22.6 Å². The van der Waals surface area contributed by atoms with Crippen molar-refractivity contribution in [2.45, 2.75) is 6.54 Å². The lowest BCUT2D eigenvalue weighted by atomic mass is 10.2. The zero-order valence-electron chi connectivity index (χ0n) is 14.2. The van der Waals surface area contributed by atoms with Crippen molar-refractivity contribution in [2.75, 3.05) is 12.4 Å². The molecular formula is C18H16FN5O2. The maximum absolute atomic E-state index is 13.8. The van der Waals surface area contributed by atoms with Crippen molar-refractivity contribution in [1.82, 2.24) is 19.2 Å². The van der Waals surface area contributed by atoms with Crippen molar-refractivity contribution < 1.29 is 9.13 Å². The molecule has 2 heterocycles. The van der Waals surface area contributed by atoms with Crippen molar-refractivity contribution in [3.63, 3.8) is 0 Å². The van der Waals surface area contributed by atoms with E-state index in [1.54, 1.807) is 25.2 Å². The van der Waals surface area contributed by atoms with E-state index in [9.17, 15) is 9.18 Å². The van der Waals surface area contributed by atoms with Gasteiger partial charge in [-0.05, 0) is 24.3 Å². The molecule has 8 heteroatoms. The molecule has 4 rings (SSSR count). The van der Waals surface area contributed by atoms with Crippen LogP contribution in [0.3, 0.4) is 0 Å². The number of benzene rings is 2. The van der Waals surface area contributed by atoms with Crippen LogP contribution in [0.4, 0.5) is 10.1 Å². The van der Waals surface area contributed by atoms with Crippen LogP contribution in [0.1, 0.15) is 5.82 Å². The summed E-state index contributed by atoms with van der Waals surface area (Å²) in [6, 6.07) is 11.9. The van der Waals surface area contributed by atoms with E-state index in [4.69, 9.17) is 4.74 Å². The Kier molecular flexibility index (Phi) is 3.80. The lowest BCUT2D eigenvalue weighted by molar-refractivity contribution is 0.386. The number of ether oxygens (including phenoxy) is 1. The normalized spacial score (nSPS) is 11.2. The third-order valence-corrected chi connectivity index (χ3v) is 4.30. The molecule has 0 aliphatic heterocycles. The fourth-order valence-electron chi connectivity index (χ4n) is 2.96. The first kappa shape index (κ1) is 16.1. The Morgan fingerprint density at radius 2 is 2.00 bits per heavy atom. The molecule has 0 saturated carbocycles. The van der Waals surface area contributed by atoms with Gasteiger partial charge in [0.15, 0.2) is 17.4 Å². The summed E-state index contributed by atoms with van der Waals surface area (Å²) in [5.74, 6) is 0.801. The van der Waals surface area contributed by atoms with E-state index in [0.717, 1.165) is 5.52 Å². The van der Waals surface area contributed by atoms with Crippen LogP contribution in [0.5, 0.6) is 5.75 Å². The molecule has 2 aromatic carbocycles. The van der Waals surface area contributed by atoms with Gasteiger partial charge in [0.25, 0.3) is 5.56 Å². The summed E-state index contributed by atoms with van der Waals surface area (Å²) in [4.78, 5) is 12.4. The van der Waals surface area contributed by atoms with Crippen molar-refractivity contribution in [2.24, 2.45) is 7.05 Å². The molecule has 0 spiro atoms. The molecule has 0 fully saturated rings. The van der Waals surface area contributed by atoms with Gasteiger partial charge in [-0.1, -0.05) is 12.1 Å². The van der Waals surface area contributed by atoms with E-state index in [-0.39, 0.29) is 11.3 Å². The first-order valence-electron chi connectivity index (χ1n) is 7.99. The van der Waals surface area contributed by atoms with Crippen molar-refractivity contribution >= 4 is 22.4 Å². The summed E-state index contributed by atoms with van der Waals surface area (Å²) in [6.07, 6.45) is 0. The summed E-state index contributed by atoms with van der Waals surface area (Å²) in [5, 5.41) is 12.0. The van der Waals surface area contributed by atoms with E-state index in [0.29, 0.717) is 29.2 Å². The second-order valence-corrected chi connectivity index (χ2v) is 5.84. The zero-order valence-corrected chi connectivity index (χ0v) is 14.2. The summed E-state index contributed by atoms with van der Waals surface area (Å²) in [7, 11) is 3.08. The van der Waals surface area contributed by atoms with Crippen LogP contribution in [0.2, 0.25) is 0 Å². The van der Waals surface area contributed by atoms with Gasteiger partial charge in [-0.15, -0.1) is 10.2 Å². The molecule has 0 unspecified atom stereocenters. The fraction of sp³-hybridized carbons (Fsp3) is 0.167. The molecule has 4 aromatic rings. The average molecular weight is 353 g/mol. The first-order valence-corrected chi connectivity index (χ1v) is 7.99. The highest BCUT2D eigenvalue weighted by Crippen LogP contribution is 2.21. The second-order valence-electron chi connectivity index (χ2n) is 5.84. The van der Waals surface area contributed by atoms with E-state index in [2.05, 4.69) is 15.5 Å². The largest absolute Gasteiger partial charge is 0.494 e. The number of aryl methyl sites for hydroxylation is 1. The monoisotopic (exact) mass is 353 g/mol. The highest BCUT2D eigenvalue weighted by molar-refractivity contribution is 5.80. The standard InChI is InChI=1S/C18H16FN5O2/c1-23-17(25)12-5-3-4-6-14(12)24-16(21-22-18(23)24)10-20-11-7-8-15(26-2)13(19)9-11/h3-9,20H,10H2,1-2H3. The zero-order chi connectivity index (χ0) is 18.3. The average Bonchev–Trinajstić information content (AvgIpc) is 3.09. The molecule has 132 valence electrons. The minimum absolute atomic E-state index is 0.128. The number of methoxy groups -OCH3 is 1. The molecule has 2 aromatic heterocycles. The molecule has 0 saturated heterocycles. The van der Waals surface area contributed by atoms with Crippen LogP contribution in [0.15, 0.2) is 47.3 Å². The molecule has 7 nitrogen and oxygen atoms in total. The topological polar surface area (TPSA) is 73.4 Å². The minimum Gasteiger partial charge on any atom is -0.494 e. The number of hydrogen-bond acceptors (Lipinski definition) is 5. The molecule has 1 N–H and O–H groups in total. The molecule has 0 aliphatic rings. The second kappa shape index (κ2) is 6.14. The third-order valence-electron chi connectivity index (χ3n) is 4.30. The maximum atomic E-state index is 13.8. The Morgan fingerprint density at radius 1 is 1.19 bits per heavy atom. The van der Waals surface area contributed by atoms with E-state index in [1.165, 1.54) is 17.7 Å². The Labute approximate surface area is 147 Å². The number of fused-ring (bicyclic) bond motifs is 3. The Morgan fingerprint density at radius 3 is 2.77 bits per heavy atom. The number of anilines is 1. The van der Waals surface area contributed by atoms with Crippen LogP contribution in [0.25, 0.3) is 16.7 Å². The predicted octanol–water partition coefficient (Wildman–Crippen LogP) is 2.34. The summed E-state index contributed by atoms with van der Waals surface area (Å²) < 4.78 is 22.0. The lowest BCUT2D eigenvalue weighted by Gasteiger charge is -2.10. The van der Waals surface area contributed by atoms with E-state index < -0.39 is 5.82 Å². The van der Waals surface area contributed by atoms with Crippen LogP contribution >= 0.6 is 0 Å². The SMILES string of the molecule is COc1ccc(NCc2nnc3n(C)c(=O)c4ccccc4n23)cc1F. The fourth-order valence-corrected chi connectivity index (χ4v) is 2.96. The van der Waals surface area contributed by atoms with Gasteiger partial charge in [0.1, 0.15) is 0 Å². The van der Waals surface area contributed by atoms with Gasteiger partial charge in [-0.3, -0.25) is 13.8 Å². The molecule has 0 radical (unpaired) electrons. The van der Waals surface area contributed by atoms with Crippen LogP contribution < -0.4 is 15.6 Å². The Hall–Kier alpha value is -3.42. The van der Waals surface area contributed by atoms with Gasteiger partial charge >= 0.3 is 0 Å². The molecular weight excluding hydrogens is 337 g/mol. The number of rotatable bonds is 4. The summed E-state index contributed by atoms with van der Waals surface area (Å²) in [6.45, 7) is 0.315. The van der Waals surface area contributed by atoms with Gasteiger partial charge in [0, 0.05) is 18.8 Å². The lowest BCUT2D eigenvalue weighted by Crippen LogP contribution is -2.20. The third kappa shape index (κ3) is 2.46. The Balaban J connectivity index is 1.76. The number of hydrogen-bond donors (Lipinski definition) is 1. The first-order chi connectivity index (χ1) is 12.6. The van der Waals surface area contributed by atoms with Gasteiger partial charge in [-0.25, -0.2) is 4.39 Å². The number of para-hydroxylation sites is 1. The molecule has 26 heavy (non-hydrogen) atoms. The highest BCUT2D eigenvalue weighted by Gasteiger charge is 2.14. The van der Waals surface area contributed by atoms with Crippen LogP contribution in [-0.2, 0) is 13.6 Å². The van der Waals surface area contributed by atoms with Crippen molar-refractivity contribution in [3.8, 4) is 5.75 Å². The molecule has 0 atom stereocenters. The van der Waals surface area contributed by atoms with Crippen molar-refractivity contribution in [3.05, 3.63) is 64.5 Å². The van der Waals surface area contributed by atoms with Gasteiger partial charge in [0.05, 0.1) is 24.6 Å². The quantitative estimate of drug-likeness (QED) is 0.610. The summed E-state index contributed by atoms with van der Waals surface area (Å²) in [5.41, 5.74) is 1.19. The molecule has 0 bridgehead atoms. The predicted molar refractivity (Wildman–Crippen MR) is 96.0 cm³/mol. The maximum Gasteiger partial charge on any atom is 0.262 e. The number of nitrogens with zero attached hydrogens (tertiary/aromatic N) is 4. The number of nitrogens with one attached hydrogen (secondary N) is 1. The number of aromatic nitrogens is 4. The van der Waals surface area contributed by atoms with Crippen LogP contribution in [-0.4, -0.2) is 26.3 Å². The van der Waals surface area contributed by atoms with Gasteiger partial charge in [-0.2, -0.15) is 0 Å². The highest BCUT2D eigenvalue weighted by atomic mass is 19.1. The summed E-state index contributed by atoms with van der Waals surface area (Å²) >= 11 is 0. The van der Waals surface area contributed by atoms with Gasteiger partial charge < -0.3 is 10.1 Å². The molecule has 0 amide bonds. The van der Waals surface area contributed by atoms with Gasteiger partial charge in [0.2, 0.25) is 5.78 Å².